The number of pyridine rings is 1. The summed E-state index contributed by atoms with van der Waals surface area (Å²) in [7, 11) is 1.49. The number of methoxy groups -OCH3 is 1. The summed E-state index contributed by atoms with van der Waals surface area (Å²) in [4.78, 5) is 18.0. The molecular formula is C24H17ClN4O2S. The lowest BCUT2D eigenvalue weighted by Crippen LogP contribution is -2.13. The molecule has 0 atom stereocenters. The van der Waals surface area contributed by atoms with Crippen molar-refractivity contribution >= 4 is 40.4 Å². The molecule has 1 amide bonds. The minimum atomic E-state index is -0.344. The third-order valence-electron chi connectivity index (χ3n) is 4.79. The number of nitrogen functional groups attached to an aromatic ring is 1. The van der Waals surface area contributed by atoms with E-state index in [2.05, 4.69) is 16.4 Å². The van der Waals surface area contributed by atoms with Gasteiger partial charge >= 0.3 is 0 Å². The van der Waals surface area contributed by atoms with Crippen molar-refractivity contribution in [3.63, 3.8) is 0 Å². The maximum Gasteiger partial charge on any atom is 0.259 e. The molecule has 8 heteroatoms. The second kappa shape index (κ2) is 9.10. The number of nitrogens with zero attached hydrogens (tertiary/aromatic N) is 2. The summed E-state index contributed by atoms with van der Waals surface area (Å²) in [6.07, 6.45) is 0. The summed E-state index contributed by atoms with van der Waals surface area (Å²) >= 11 is 7.57. The van der Waals surface area contributed by atoms with E-state index >= 15 is 0 Å². The smallest absolute Gasteiger partial charge is 0.259 e. The van der Waals surface area contributed by atoms with Crippen LogP contribution >= 0.6 is 22.9 Å². The lowest BCUT2D eigenvalue weighted by molar-refractivity contribution is 0.102. The Hall–Kier alpha value is -3.86. The van der Waals surface area contributed by atoms with Gasteiger partial charge in [-0.2, -0.15) is 5.26 Å². The molecule has 6 nitrogen and oxygen atoms in total. The molecule has 0 radical (unpaired) electrons. The number of ether oxygens (including phenoxy) is 1. The Balaban J connectivity index is 1.64. The number of nitriles is 1. The summed E-state index contributed by atoms with van der Waals surface area (Å²) in [5.41, 5.74) is 9.46. The van der Waals surface area contributed by atoms with Crippen LogP contribution < -0.4 is 15.8 Å². The molecule has 0 unspecified atom stereocenters. The van der Waals surface area contributed by atoms with Crippen molar-refractivity contribution in [2.45, 2.75) is 0 Å². The Morgan fingerprint density at radius 1 is 1.19 bits per heavy atom. The Morgan fingerprint density at radius 3 is 2.62 bits per heavy atom. The van der Waals surface area contributed by atoms with Gasteiger partial charge in [0.15, 0.2) is 0 Å². The molecule has 0 saturated heterocycles. The number of anilines is 2. The van der Waals surface area contributed by atoms with Crippen molar-refractivity contribution in [3.05, 3.63) is 82.2 Å². The molecule has 0 aliphatic carbocycles. The molecule has 0 spiro atoms. The third kappa shape index (κ3) is 4.28. The van der Waals surface area contributed by atoms with Crippen molar-refractivity contribution in [2.24, 2.45) is 0 Å². The monoisotopic (exact) mass is 460 g/mol. The highest BCUT2D eigenvalue weighted by molar-refractivity contribution is 7.13. The summed E-state index contributed by atoms with van der Waals surface area (Å²) in [5.74, 6) is 0.261. The Labute approximate surface area is 193 Å². The van der Waals surface area contributed by atoms with Crippen LogP contribution in [0.3, 0.4) is 0 Å². The van der Waals surface area contributed by atoms with Gasteiger partial charge in [-0.1, -0.05) is 29.8 Å². The highest BCUT2D eigenvalue weighted by Gasteiger charge is 2.16. The number of rotatable bonds is 5. The third-order valence-corrected chi connectivity index (χ3v) is 5.92. The zero-order chi connectivity index (χ0) is 22.7. The van der Waals surface area contributed by atoms with Gasteiger partial charge in [-0.15, -0.1) is 11.3 Å². The fourth-order valence-electron chi connectivity index (χ4n) is 3.25. The minimum absolute atomic E-state index is 0.179. The quantitative estimate of drug-likeness (QED) is 0.389. The van der Waals surface area contributed by atoms with Gasteiger partial charge in [0, 0.05) is 16.3 Å². The van der Waals surface area contributed by atoms with E-state index in [1.54, 1.807) is 41.7 Å². The number of amides is 1. The molecule has 0 aliphatic heterocycles. The summed E-state index contributed by atoms with van der Waals surface area (Å²) in [5, 5.41) is 14.8. The van der Waals surface area contributed by atoms with Crippen molar-refractivity contribution < 1.29 is 9.53 Å². The van der Waals surface area contributed by atoms with Gasteiger partial charge in [0.1, 0.15) is 23.2 Å². The van der Waals surface area contributed by atoms with Gasteiger partial charge < -0.3 is 15.8 Å². The lowest BCUT2D eigenvalue weighted by Gasteiger charge is -2.12. The van der Waals surface area contributed by atoms with Crippen LogP contribution in [0.5, 0.6) is 5.75 Å². The van der Waals surface area contributed by atoms with Crippen molar-refractivity contribution in [2.75, 3.05) is 18.2 Å². The second-order valence-corrected chi connectivity index (χ2v) is 8.16. The molecule has 0 saturated carbocycles. The first-order valence-corrected chi connectivity index (χ1v) is 10.8. The van der Waals surface area contributed by atoms with E-state index in [1.165, 1.54) is 7.11 Å². The van der Waals surface area contributed by atoms with Crippen LogP contribution in [0.15, 0.2) is 66.0 Å². The van der Waals surface area contributed by atoms with E-state index in [0.29, 0.717) is 38.8 Å². The molecule has 4 aromatic rings. The average molecular weight is 461 g/mol. The Kier molecular flexibility index (Phi) is 6.08. The van der Waals surface area contributed by atoms with Gasteiger partial charge in [0.25, 0.3) is 5.91 Å². The number of carbonyl (C=O) groups is 1. The van der Waals surface area contributed by atoms with Crippen molar-refractivity contribution in [3.8, 4) is 33.5 Å². The van der Waals surface area contributed by atoms with Gasteiger partial charge in [0.05, 0.1) is 23.2 Å². The predicted molar refractivity (Wildman–Crippen MR) is 128 cm³/mol. The largest absolute Gasteiger partial charge is 0.496 e. The number of carbonyl (C=O) groups excluding carboxylic acids is 1. The van der Waals surface area contributed by atoms with Crippen molar-refractivity contribution in [1.29, 1.82) is 5.26 Å². The van der Waals surface area contributed by atoms with E-state index < -0.39 is 0 Å². The highest BCUT2D eigenvalue weighted by Crippen LogP contribution is 2.33. The number of hydrogen-bond acceptors (Lipinski definition) is 6. The standard InChI is InChI=1S/C24H17ClN4O2S/c1-31-21-9-6-15(25)11-18(21)24(30)28-16-7-4-14(5-8-16)17-12-20(22-3-2-10-32-22)29-23(27)19(17)13-26/h2-12H,1H3,(H2,27,29)(H,28,30). The molecule has 158 valence electrons. The Bertz CT molecular complexity index is 1330. The van der Waals surface area contributed by atoms with Gasteiger partial charge in [-0.3, -0.25) is 4.79 Å². The fraction of sp³-hybridized carbons (Fsp3) is 0.0417. The van der Waals surface area contributed by atoms with E-state index in [-0.39, 0.29) is 11.7 Å². The molecule has 2 aromatic carbocycles. The minimum Gasteiger partial charge on any atom is -0.496 e. The normalized spacial score (nSPS) is 10.4. The molecule has 4 rings (SSSR count). The maximum absolute atomic E-state index is 12.7. The molecular weight excluding hydrogens is 444 g/mol. The van der Waals surface area contributed by atoms with Crippen LogP contribution in [0.1, 0.15) is 15.9 Å². The summed E-state index contributed by atoms with van der Waals surface area (Å²) < 4.78 is 5.25. The molecule has 0 aliphatic rings. The summed E-state index contributed by atoms with van der Waals surface area (Å²) in [6, 6.07) is 19.9. The first-order valence-electron chi connectivity index (χ1n) is 9.50. The number of nitrogens with one attached hydrogen (secondary N) is 1. The molecule has 2 aromatic heterocycles. The Morgan fingerprint density at radius 2 is 1.97 bits per heavy atom. The van der Waals surface area contributed by atoms with E-state index in [0.717, 1.165) is 10.4 Å². The first kappa shape index (κ1) is 21.4. The van der Waals surface area contributed by atoms with Crippen molar-refractivity contribution in [1.82, 2.24) is 4.98 Å². The number of hydrogen-bond donors (Lipinski definition) is 2. The molecule has 32 heavy (non-hydrogen) atoms. The van der Waals surface area contributed by atoms with Crippen LogP contribution in [-0.4, -0.2) is 18.0 Å². The van der Waals surface area contributed by atoms with E-state index in [1.807, 2.05) is 35.7 Å². The van der Waals surface area contributed by atoms with Gasteiger partial charge in [-0.25, -0.2) is 4.98 Å². The zero-order valence-electron chi connectivity index (χ0n) is 16.9. The first-order chi connectivity index (χ1) is 15.5. The average Bonchev–Trinajstić information content (AvgIpc) is 3.34. The number of halogens is 1. The van der Waals surface area contributed by atoms with Crippen LogP contribution in [0, 0.1) is 11.3 Å². The summed E-state index contributed by atoms with van der Waals surface area (Å²) in [6.45, 7) is 0. The molecule has 3 N–H and O–H groups in total. The van der Waals surface area contributed by atoms with Crippen LogP contribution in [-0.2, 0) is 0 Å². The van der Waals surface area contributed by atoms with Gasteiger partial charge in [-0.05, 0) is 53.4 Å². The highest BCUT2D eigenvalue weighted by atomic mass is 35.5. The van der Waals surface area contributed by atoms with E-state index in [9.17, 15) is 10.1 Å². The molecule has 0 fully saturated rings. The topological polar surface area (TPSA) is 101 Å². The van der Waals surface area contributed by atoms with Crippen LogP contribution in [0.4, 0.5) is 11.5 Å². The number of aromatic nitrogens is 1. The predicted octanol–water partition coefficient (Wildman–Crippen LogP) is 5.85. The van der Waals surface area contributed by atoms with Gasteiger partial charge in [0.2, 0.25) is 0 Å². The van der Waals surface area contributed by atoms with Crippen LogP contribution in [0.25, 0.3) is 21.7 Å². The number of thiophene rings is 1. The van der Waals surface area contributed by atoms with Crippen LogP contribution in [0.2, 0.25) is 5.02 Å². The fourth-order valence-corrected chi connectivity index (χ4v) is 4.11. The second-order valence-electron chi connectivity index (χ2n) is 6.78. The SMILES string of the molecule is COc1ccc(Cl)cc1C(=O)Nc1ccc(-c2cc(-c3cccs3)nc(N)c2C#N)cc1. The number of benzene rings is 2. The lowest BCUT2D eigenvalue weighted by atomic mass is 9.99. The maximum atomic E-state index is 12.7. The zero-order valence-corrected chi connectivity index (χ0v) is 18.5. The molecule has 0 bridgehead atoms. The molecule has 2 heterocycles. The number of nitrogens with two attached hydrogens (primary N) is 1. The van der Waals surface area contributed by atoms with E-state index in [4.69, 9.17) is 22.1 Å².